The molecule has 37 heavy (non-hydrogen) atoms. The zero-order valence-electron chi connectivity index (χ0n) is 20.6. The number of barbiturate groups is 1. The molecule has 3 aromatic carbocycles. The fraction of sp³-hybridized carbons (Fsp3) is 0.179. The maximum atomic E-state index is 13.3. The molecule has 0 aliphatic carbocycles. The van der Waals surface area contributed by atoms with Crippen LogP contribution < -0.4 is 19.7 Å². The number of rotatable bonds is 6. The predicted octanol–water partition coefficient (Wildman–Crippen LogP) is 6.39. The molecule has 0 atom stereocenters. The van der Waals surface area contributed by atoms with E-state index < -0.39 is 17.8 Å². The van der Waals surface area contributed by atoms with Crippen molar-refractivity contribution in [2.24, 2.45) is 0 Å². The summed E-state index contributed by atoms with van der Waals surface area (Å²) in [4.78, 5) is 39.3. The van der Waals surface area contributed by atoms with Crippen molar-refractivity contribution >= 4 is 61.5 Å². The number of nitrogens with zero attached hydrogens (tertiary/aromatic N) is 1. The Balaban J connectivity index is 1.64. The van der Waals surface area contributed by atoms with Crippen LogP contribution in [-0.4, -0.2) is 25.0 Å². The van der Waals surface area contributed by atoms with Gasteiger partial charge >= 0.3 is 6.03 Å². The van der Waals surface area contributed by atoms with Gasteiger partial charge in [0.05, 0.1) is 17.3 Å². The number of anilines is 1. The summed E-state index contributed by atoms with van der Waals surface area (Å²) in [5.74, 6) is -0.583. The van der Waals surface area contributed by atoms with Crippen molar-refractivity contribution in [2.45, 2.75) is 27.4 Å². The topological polar surface area (TPSA) is 84.9 Å². The largest absolute Gasteiger partial charge is 0.493 e. The molecule has 1 N–H and O–H groups in total. The minimum atomic E-state index is -0.803. The summed E-state index contributed by atoms with van der Waals surface area (Å²) in [6.45, 7) is 6.28. The van der Waals surface area contributed by atoms with E-state index >= 15 is 0 Å². The Bertz CT molecular complexity index is 1470. The first-order valence-electron chi connectivity index (χ1n) is 11.3. The Morgan fingerprint density at radius 3 is 2.32 bits per heavy atom. The molecule has 4 rings (SSSR count). The molecule has 1 fully saturated rings. The highest BCUT2D eigenvalue weighted by Gasteiger charge is 2.37. The summed E-state index contributed by atoms with van der Waals surface area (Å²) in [5, 5.41) is 2.24. The van der Waals surface area contributed by atoms with Gasteiger partial charge in [0.1, 0.15) is 12.2 Å². The molecule has 0 unspecified atom stereocenters. The molecule has 1 heterocycles. The standard InChI is InChI=1S/C28H24Br2N2O5/c1-15-5-6-18(9-16(15)2)14-37-25-23(30)12-19(13-24(25)36-4)11-21-26(33)31-28(35)32(27(21)34)20-7-8-22(29)17(3)10-20/h5-13H,14H2,1-4H3,(H,31,33,35)/b21-11-. The fourth-order valence-corrected chi connectivity index (χ4v) is 4.66. The second kappa shape index (κ2) is 10.9. The smallest absolute Gasteiger partial charge is 0.335 e. The summed E-state index contributed by atoms with van der Waals surface area (Å²) in [6.07, 6.45) is 1.42. The number of methoxy groups -OCH3 is 1. The van der Waals surface area contributed by atoms with Gasteiger partial charge in [-0.15, -0.1) is 0 Å². The minimum Gasteiger partial charge on any atom is -0.493 e. The first kappa shape index (κ1) is 26.6. The molecule has 7 nitrogen and oxygen atoms in total. The summed E-state index contributed by atoms with van der Waals surface area (Å²) >= 11 is 6.93. The highest BCUT2D eigenvalue weighted by molar-refractivity contribution is 9.10. The molecule has 9 heteroatoms. The van der Waals surface area contributed by atoms with Gasteiger partial charge in [-0.05, 0) is 101 Å². The van der Waals surface area contributed by atoms with Gasteiger partial charge in [0.2, 0.25) is 0 Å². The highest BCUT2D eigenvalue weighted by atomic mass is 79.9. The van der Waals surface area contributed by atoms with Crippen LogP contribution >= 0.6 is 31.9 Å². The molecule has 0 saturated carbocycles. The number of ether oxygens (including phenoxy) is 2. The van der Waals surface area contributed by atoms with Crippen molar-refractivity contribution in [2.75, 3.05) is 12.0 Å². The van der Waals surface area contributed by atoms with E-state index in [0.717, 1.165) is 20.5 Å². The number of halogens is 2. The lowest BCUT2D eigenvalue weighted by molar-refractivity contribution is -0.122. The van der Waals surface area contributed by atoms with Crippen LogP contribution in [0.1, 0.15) is 27.8 Å². The van der Waals surface area contributed by atoms with E-state index in [1.54, 1.807) is 30.3 Å². The number of nitrogens with one attached hydrogen (secondary N) is 1. The van der Waals surface area contributed by atoms with Crippen LogP contribution in [0.3, 0.4) is 0 Å². The lowest BCUT2D eigenvalue weighted by Crippen LogP contribution is -2.54. The number of urea groups is 1. The van der Waals surface area contributed by atoms with E-state index in [4.69, 9.17) is 9.47 Å². The number of aryl methyl sites for hydroxylation is 3. The molecule has 1 aliphatic heterocycles. The molecule has 0 aromatic heterocycles. The molecule has 0 bridgehead atoms. The number of hydrogen-bond acceptors (Lipinski definition) is 5. The van der Waals surface area contributed by atoms with Gasteiger partial charge in [0, 0.05) is 4.47 Å². The monoisotopic (exact) mass is 626 g/mol. The third-order valence-electron chi connectivity index (χ3n) is 6.02. The van der Waals surface area contributed by atoms with Crippen molar-refractivity contribution in [1.82, 2.24) is 5.32 Å². The van der Waals surface area contributed by atoms with E-state index in [1.165, 1.54) is 24.3 Å². The SMILES string of the molecule is COc1cc(/C=C2/C(=O)NC(=O)N(c3ccc(Br)c(C)c3)C2=O)cc(Br)c1OCc1ccc(C)c(C)c1. The van der Waals surface area contributed by atoms with Crippen molar-refractivity contribution < 1.29 is 23.9 Å². The average molecular weight is 628 g/mol. The Kier molecular flexibility index (Phi) is 7.85. The zero-order valence-corrected chi connectivity index (χ0v) is 23.8. The van der Waals surface area contributed by atoms with Crippen LogP contribution in [0.2, 0.25) is 0 Å². The third-order valence-corrected chi connectivity index (χ3v) is 7.50. The number of benzene rings is 3. The second-order valence-electron chi connectivity index (χ2n) is 8.63. The van der Waals surface area contributed by atoms with E-state index in [1.807, 2.05) is 26.0 Å². The zero-order chi connectivity index (χ0) is 26.9. The van der Waals surface area contributed by atoms with Gasteiger partial charge in [0.25, 0.3) is 11.8 Å². The molecule has 1 aliphatic rings. The number of imide groups is 2. The van der Waals surface area contributed by atoms with Crippen molar-refractivity contribution in [3.8, 4) is 11.5 Å². The first-order valence-corrected chi connectivity index (χ1v) is 12.9. The third kappa shape index (κ3) is 5.62. The number of carbonyl (C=O) groups excluding carboxylic acids is 3. The molecular weight excluding hydrogens is 604 g/mol. The number of carbonyl (C=O) groups is 3. The molecule has 1 saturated heterocycles. The molecule has 0 radical (unpaired) electrons. The highest BCUT2D eigenvalue weighted by Crippen LogP contribution is 2.38. The fourth-order valence-electron chi connectivity index (χ4n) is 3.84. The van der Waals surface area contributed by atoms with Gasteiger partial charge in [0.15, 0.2) is 11.5 Å². The maximum absolute atomic E-state index is 13.3. The van der Waals surface area contributed by atoms with E-state index in [0.29, 0.717) is 33.8 Å². The summed E-state index contributed by atoms with van der Waals surface area (Å²) < 4.78 is 13.0. The summed E-state index contributed by atoms with van der Waals surface area (Å²) in [6, 6.07) is 13.8. The van der Waals surface area contributed by atoms with Crippen molar-refractivity contribution in [3.63, 3.8) is 0 Å². The summed E-state index contributed by atoms with van der Waals surface area (Å²) in [7, 11) is 1.51. The van der Waals surface area contributed by atoms with Crippen LogP contribution in [0.15, 0.2) is 63.0 Å². The molecular formula is C28H24Br2N2O5. The Morgan fingerprint density at radius 2 is 1.65 bits per heavy atom. The Labute approximate surface area is 231 Å². The predicted molar refractivity (Wildman–Crippen MR) is 149 cm³/mol. The Morgan fingerprint density at radius 1 is 0.892 bits per heavy atom. The average Bonchev–Trinajstić information content (AvgIpc) is 2.85. The second-order valence-corrected chi connectivity index (χ2v) is 10.3. The maximum Gasteiger partial charge on any atom is 0.335 e. The van der Waals surface area contributed by atoms with Crippen LogP contribution in [0, 0.1) is 20.8 Å². The lowest BCUT2D eigenvalue weighted by Gasteiger charge is -2.26. The van der Waals surface area contributed by atoms with Gasteiger partial charge in [-0.1, -0.05) is 34.1 Å². The van der Waals surface area contributed by atoms with Gasteiger partial charge < -0.3 is 9.47 Å². The van der Waals surface area contributed by atoms with Gasteiger partial charge in [-0.2, -0.15) is 0 Å². The number of amides is 4. The van der Waals surface area contributed by atoms with E-state index in [-0.39, 0.29) is 5.57 Å². The Hall–Kier alpha value is -3.43. The lowest BCUT2D eigenvalue weighted by atomic mass is 10.1. The molecule has 3 aromatic rings. The van der Waals surface area contributed by atoms with Gasteiger partial charge in [-0.25, -0.2) is 9.69 Å². The molecule has 190 valence electrons. The van der Waals surface area contributed by atoms with Crippen LogP contribution in [0.25, 0.3) is 6.08 Å². The van der Waals surface area contributed by atoms with Crippen LogP contribution in [-0.2, 0) is 16.2 Å². The van der Waals surface area contributed by atoms with E-state index in [2.05, 4.69) is 50.2 Å². The van der Waals surface area contributed by atoms with Crippen LogP contribution in [0.5, 0.6) is 11.5 Å². The van der Waals surface area contributed by atoms with Crippen molar-refractivity contribution in [1.29, 1.82) is 0 Å². The summed E-state index contributed by atoms with van der Waals surface area (Å²) in [5.41, 5.74) is 4.92. The molecule has 0 spiro atoms. The minimum absolute atomic E-state index is 0.182. The molecule has 4 amide bonds. The quantitative estimate of drug-likeness (QED) is 0.253. The van der Waals surface area contributed by atoms with Gasteiger partial charge in [-0.3, -0.25) is 14.9 Å². The van der Waals surface area contributed by atoms with E-state index in [9.17, 15) is 14.4 Å². The van der Waals surface area contributed by atoms with Crippen molar-refractivity contribution in [3.05, 3.63) is 90.9 Å². The normalized spacial score (nSPS) is 14.7. The first-order chi connectivity index (χ1) is 17.6. The van der Waals surface area contributed by atoms with Crippen LogP contribution in [0.4, 0.5) is 10.5 Å². The number of hydrogen-bond donors (Lipinski definition) is 1.